The van der Waals surface area contributed by atoms with Gasteiger partial charge < -0.3 is 10.0 Å². The molecule has 0 aliphatic carbocycles. The van der Waals surface area contributed by atoms with Crippen LogP contribution in [0, 0.1) is 0 Å². The zero-order chi connectivity index (χ0) is 14.7. The summed E-state index contributed by atoms with van der Waals surface area (Å²) in [5.74, 6) is -0.263. The molecule has 0 aliphatic rings. The molecule has 0 bridgehead atoms. The summed E-state index contributed by atoms with van der Waals surface area (Å²) in [7, 11) is 1.70. The van der Waals surface area contributed by atoms with Crippen molar-refractivity contribution in [3.63, 3.8) is 0 Å². The Bertz CT molecular complexity index is 623. The van der Waals surface area contributed by atoms with Crippen LogP contribution in [0.3, 0.4) is 0 Å². The summed E-state index contributed by atoms with van der Waals surface area (Å²) in [5, 5.41) is 9.86. The van der Waals surface area contributed by atoms with E-state index in [4.69, 9.17) is 0 Å². The Kier molecular flexibility index (Phi) is 4.45. The minimum Gasteiger partial charge on any atom is -0.507 e. The lowest BCUT2D eigenvalue weighted by Gasteiger charge is -2.18. The molecule has 0 atom stereocenters. The van der Waals surface area contributed by atoms with E-state index in [0.29, 0.717) is 0 Å². The molecule has 2 rings (SSSR count). The maximum Gasteiger partial charge on any atom is 0.261 e. The summed E-state index contributed by atoms with van der Waals surface area (Å²) < 4.78 is 0.738. The van der Waals surface area contributed by atoms with E-state index >= 15 is 0 Å². The van der Waals surface area contributed by atoms with Crippen molar-refractivity contribution in [3.8, 4) is 5.75 Å². The first-order valence-corrected chi connectivity index (χ1v) is 7.17. The Hall–Kier alpha value is -1.81. The van der Waals surface area contributed by atoms with E-state index in [1.54, 1.807) is 19.2 Å². The number of anilines is 1. The van der Waals surface area contributed by atoms with Crippen LogP contribution in [0.4, 0.5) is 5.69 Å². The summed E-state index contributed by atoms with van der Waals surface area (Å²) in [4.78, 5) is 13.9. The maximum absolute atomic E-state index is 12.4. The van der Waals surface area contributed by atoms with Gasteiger partial charge in [0.25, 0.3) is 5.91 Å². The lowest BCUT2D eigenvalue weighted by atomic mass is 10.1. The fourth-order valence-electron chi connectivity index (χ4n) is 1.94. The van der Waals surface area contributed by atoms with Crippen molar-refractivity contribution in [2.75, 3.05) is 11.9 Å². The fraction of sp³-hybridized carbons (Fsp3) is 0.188. The first-order valence-electron chi connectivity index (χ1n) is 6.38. The van der Waals surface area contributed by atoms with E-state index in [2.05, 4.69) is 22.9 Å². The highest BCUT2D eigenvalue weighted by molar-refractivity contribution is 9.10. The van der Waals surface area contributed by atoms with Gasteiger partial charge in [-0.2, -0.15) is 0 Å². The SMILES string of the molecule is CCc1ccc(N(C)C(=O)c2ccc(Br)cc2O)cc1. The second-order valence-corrected chi connectivity index (χ2v) is 5.46. The Morgan fingerprint density at radius 3 is 2.40 bits per heavy atom. The van der Waals surface area contributed by atoms with Crippen LogP contribution in [-0.2, 0) is 6.42 Å². The number of amides is 1. The van der Waals surface area contributed by atoms with Crippen LogP contribution in [-0.4, -0.2) is 18.1 Å². The third kappa shape index (κ3) is 3.02. The van der Waals surface area contributed by atoms with Crippen molar-refractivity contribution in [1.82, 2.24) is 0 Å². The van der Waals surface area contributed by atoms with Gasteiger partial charge in [0, 0.05) is 17.2 Å². The van der Waals surface area contributed by atoms with Crippen molar-refractivity contribution >= 4 is 27.5 Å². The van der Waals surface area contributed by atoms with Gasteiger partial charge in [-0.1, -0.05) is 35.0 Å². The van der Waals surface area contributed by atoms with Crippen molar-refractivity contribution in [1.29, 1.82) is 0 Å². The lowest BCUT2D eigenvalue weighted by molar-refractivity contribution is 0.0990. The third-order valence-corrected chi connectivity index (χ3v) is 3.72. The molecule has 0 saturated carbocycles. The highest BCUT2D eigenvalue weighted by Crippen LogP contribution is 2.25. The molecule has 2 aromatic carbocycles. The summed E-state index contributed by atoms with van der Waals surface area (Å²) in [6.07, 6.45) is 0.964. The van der Waals surface area contributed by atoms with E-state index in [0.717, 1.165) is 16.6 Å². The van der Waals surface area contributed by atoms with Gasteiger partial charge >= 0.3 is 0 Å². The summed E-state index contributed by atoms with van der Waals surface area (Å²) >= 11 is 3.26. The molecule has 0 saturated heterocycles. The number of phenolic OH excluding ortho intramolecular Hbond substituents is 1. The van der Waals surface area contributed by atoms with Crippen LogP contribution in [0.5, 0.6) is 5.75 Å². The lowest BCUT2D eigenvalue weighted by Crippen LogP contribution is -2.26. The molecule has 0 fully saturated rings. The summed E-state index contributed by atoms with van der Waals surface area (Å²) in [6.45, 7) is 2.09. The summed E-state index contributed by atoms with van der Waals surface area (Å²) in [5.41, 5.74) is 2.31. The molecule has 0 spiro atoms. The van der Waals surface area contributed by atoms with Crippen LogP contribution >= 0.6 is 15.9 Å². The number of aromatic hydroxyl groups is 1. The molecule has 2 aromatic rings. The molecule has 1 N–H and O–H groups in total. The predicted molar refractivity (Wildman–Crippen MR) is 84.4 cm³/mol. The molecule has 1 amide bonds. The Balaban J connectivity index is 2.27. The number of phenols is 1. The van der Waals surface area contributed by atoms with Crippen LogP contribution in [0.2, 0.25) is 0 Å². The molecule has 0 aliphatic heterocycles. The van der Waals surface area contributed by atoms with Crippen LogP contribution < -0.4 is 4.90 Å². The van der Waals surface area contributed by atoms with E-state index in [9.17, 15) is 9.90 Å². The monoisotopic (exact) mass is 333 g/mol. The Morgan fingerprint density at radius 2 is 1.85 bits per heavy atom. The molecule has 3 nitrogen and oxygen atoms in total. The van der Waals surface area contributed by atoms with Gasteiger partial charge in [0.2, 0.25) is 0 Å². The first kappa shape index (κ1) is 14.6. The van der Waals surface area contributed by atoms with Gasteiger partial charge in [-0.15, -0.1) is 0 Å². The van der Waals surface area contributed by atoms with Crippen LogP contribution in [0.1, 0.15) is 22.8 Å². The van der Waals surface area contributed by atoms with Gasteiger partial charge in [-0.3, -0.25) is 4.79 Å². The highest BCUT2D eigenvalue weighted by atomic mass is 79.9. The fourth-order valence-corrected chi connectivity index (χ4v) is 2.29. The van der Waals surface area contributed by atoms with Crippen molar-refractivity contribution in [2.24, 2.45) is 0 Å². The van der Waals surface area contributed by atoms with Crippen molar-refractivity contribution in [2.45, 2.75) is 13.3 Å². The summed E-state index contributed by atoms with van der Waals surface area (Å²) in [6, 6.07) is 12.7. The smallest absolute Gasteiger partial charge is 0.261 e. The highest BCUT2D eigenvalue weighted by Gasteiger charge is 2.17. The molecule has 20 heavy (non-hydrogen) atoms. The van der Waals surface area contributed by atoms with Crippen LogP contribution in [0.25, 0.3) is 0 Å². The first-order chi connectivity index (χ1) is 9.52. The average molecular weight is 334 g/mol. The number of carbonyl (C=O) groups excluding carboxylic acids is 1. The number of aryl methyl sites for hydroxylation is 1. The van der Waals surface area contributed by atoms with Gasteiger partial charge in [0.15, 0.2) is 0 Å². The topological polar surface area (TPSA) is 40.5 Å². The minimum absolute atomic E-state index is 0.0265. The standard InChI is InChI=1S/C16H16BrNO2/c1-3-11-4-7-13(8-5-11)18(2)16(20)14-9-6-12(17)10-15(14)19/h4-10,19H,3H2,1-2H3. The maximum atomic E-state index is 12.4. The zero-order valence-corrected chi connectivity index (χ0v) is 13.0. The van der Waals surface area contributed by atoms with E-state index in [1.807, 2.05) is 24.3 Å². The minimum atomic E-state index is -0.237. The second-order valence-electron chi connectivity index (χ2n) is 4.55. The Labute approximate surface area is 127 Å². The van der Waals surface area contributed by atoms with Crippen LogP contribution in [0.15, 0.2) is 46.9 Å². The number of hydrogen-bond donors (Lipinski definition) is 1. The molecular formula is C16H16BrNO2. The van der Waals surface area contributed by atoms with Crippen molar-refractivity contribution in [3.05, 3.63) is 58.1 Å². The van der Waals surface area contributed by atoms with E-state index in [-0.39, 0.29) is 17.2 Å². The molecule has 4 heteroatoms. The molecule has 0 radical (unpaired) electrons. The number of nitrogens with zero attached hydrogens (tertiary/aromatic N) is 1. The Morgan fingerprint density at radius 1 is 1.20 bits per heavy atom. The van der Waals surface area contributed by atoms with Gasteiger partial charge in [-0.25, -0.2) is 0 Å². The van der Waals surface area contributed by atoms with Gasteiger partial charge in [0.1, 0.15) is 5.75 Å². The number of rotatable bonds is 3. The van der Waals surface area contributed by atoms with Crippen molar-refractivity contribution < 1.29 is 9.90 Å². The number of halogens is 1. The molecule has 0 unspecified atom stereocenters. The van der Waals surface area contributed by atoms with Gasteiger partial charge in [-0.05, 0) is 42.3 Å². The quantitative estimate of drug-likeness (QED) is 0.922. The third-order valence-electron chi connectivity index (χ3n) is 3.23. The van der Waals surface area contributed by atoms with Gasteiger partial charge in [0.05, 0.1) is 5.56 Å². The largest absolute Gasteiger partial charge is 0.507 e. The number of benzene rings is 2. The normalized spacial score (nSPS) is 10.3. The second kappa shape index (κ2) is 6.09. The molecule has 0 aromatic heterocycles. The molecule has 104 valence electrons. The van der Waals surface area contributed by atoms with E-state index < -0.39 is 0 Å². The predicted octanol–water partition coefficient (Wildman–Crippen LogP) is 3.99. The average Bonchev–Trinajstić information content (AvgIpc) is 2.46. The number of carbonyl (C=O) groups is 1. The molecular weight excluding hydrogens is 318 g/mol. The number of hydrogen-bond acceptors (Lipinski definition) is 2. The zero-order valence-electron chi connectivity index (χ0n) is 11.4. The molecule has 0 heterocycles. The van der Waals surface area contributed by atoms with E-state index in [1.165, 1.54) is 16.5 Å².